The quantitative estimate of drug-likeness (QED) is 0.744. The highest BCUT2D eigenvalue weighted by Crippen LogP contribution is 2.11. The van der Waals surface area contributed by atoms with Crippen LogP contribution in [0.2, 0.25) is 0 Å². The lowest BCUT2D eigenvalue weighted by molar-refractivity contribution is -0.169. The van der Waals surface area contributed by atoms with E-state index in [1.807, 2.05) is 20.8 Å². The molecule has 0 heterocycles. The van der Waals surface area contributed by atoms with E-state index in [1.165, 1.54) is 0 Å². The van der Waals surface area contributed by atoms with Crippen LogP contribution in [0, 0.1) is 0 Å². The van der Waals surface area contributed by atoms with Crippen molar-refractivity contribution in [1.29, 1.82) is 0 Å². The van der Waals surface area contributed by atoms with Gasteiger partial charge in [-0.2, -0.15) is 13.2 Å². The van der Waals surface area contributed by atoms with Crippen LogP contribution in [-0.2, 0) is 14.3 Å². The molecule has 0 aromatic rings. The van der Waals surface area contributed by atoms with Gasteiger partial charge in [0.15, 0.2) is 6.29 Å². The predicted molar refractivity (Wildman–Crippen MR) is 48.0 cm³/mol. The Balaban J connectivity index is 0. The molecule has 1 amide bonds. The van der Waals surface area contributed by atoms with Crippen LogP contribution in [0.1, 0.15) is 20.8 Å². The van der Waals surface area contributed by atoms with Crippen molar-refractivity contribution in [2.45, 2.75) is 33.2 Å². The van der Waals surface area contributed by atoms with Crippen LogP contribution in [0.5, 0.6) is 0 Å². The van der Waals surface area contributed by atoms with Gasteiger partial charge in [-0.15, -0.1) is 0 Å². The maximum atomic E-state index is 10.7. The highest BCUT2D eigenvalue weighted by atomic mass is 19.4. The molecule has 0 atom stereocenters. The number of ether oxygens (including phenoxy) is 2. The summed E-state index contributed by atoms with van der Waals surface area (Å²) in [6.07, 6.45) is -4.90. The van der Waals surface area contributed by atoms with E-state index in [2.05, 4.69) is 5.73 Å². The summed E-state index contributed by atoms with van der Waals surface area (Å²) in [6, 6.07) is 0. The van der Waals surface area contributed by atoms with Crippen LogP contribution < -0.4 is 5.73 Å². The molecule has 0 rings (SSSR count). The second kappa shape index (κ2) is 8.49. The molecule has 0 aromatic carbocycles. The minimum Gasteiger partial charge on any atom is -0.362 e. The maximum Gasteiger partial charge on any atom is 0.470 e. The molecule has 0 saturated carbocycles. The second-order valence-corrected chi connectivity index (χ2v) is 2.34. The van der Waals surface area contributed by atoms with E-state index in [-0.39, 0.29) is 6.29 Å². The number of rotatable bonds is 4. The van der Waals surface area contributed by atoms with Gasteiger partial charge in [0, 0.05) is 13.2 Å². The molecule has 7 heteroatoms. The molecule has 0 spiro atoms. The number of halogens is 3. The van der Waals surface area contributed by atoms with Crippen molar-refractivity contribution in [3.8, 4) is 0 Å². The number of carbonyl (C=O) groups is 1. The average molecular weight is 231 g/mol. The first-order valence-corrected chi connectivity index (χ1v) is 4.35. The molecular weight excluding hydrogens is 215 g/mol. The van der Waals surface area contributed by atoms with Gasteiger partial charge in [-0.3, -0.25) is 4.79 Å². The topological polar surface area (TPSA) is 61.6 Å². The van der Waals surface area contributed by atoms with Crippen molar-refractivity contribution in [1.82, 2.24) is 0 Å². The number of amides is 1. The largest absolute Gasteiger partial charge is 0.470 e. The molecule has 0 bridgehead atoms. The van der Waals surface area contributed by atoms with Crippen LogP contribution in [0.25, 0.3) is 0 Å². The van der Waals surface area contributed by atoms with E-state index in [0.29, 0.717) is 0 Å². The zero-order valence-corrected chi connectivity index (χ0v) is 8.93. The van der Waals surface area contributed by atoms with Crippen LogP contribution >= 0.6 is 0 Å². The highest BCUT2D eigenvalue weighted by Gasteiger charge is 2.35. The van der Waals surface area contributed by atoms with E-state index in [0.717, 1.165) is 13.2 Å². The van der Waals surface area contributed by atoms with E-state index in [1.54, 1.807) is 0 Å². The highest BCUT2D eigenvalue weighted by molar-refractivity contribution is 5.79. The molecular formula is C8H16F3NO3. The summed E-state index contributed by atoms with van der Waals surface area (Å²) in [4.78, 5) is 9.12. The Morgan fingerprint density at radius 3 is 1.67 bits per heavy atom. The summed E-state index contributed by atoms with van der Waals surface area (Å²) in [5, 5.41) is 0. The molecule has 15 heavy (non-hydrogen) atoms. The first kappa shape index (κ1) is 16.6. The summed E-state index contributed by atoms with van der Waals surface area (Å²) in [6.45, 7) is 7.25. The summed E-state index contributed by atoms with van der Waals surface area (Å²) in [5.74, 6) is -2.26. The first-order valence-electron chi connectivity index (χ1n) is 4.35. The molecule has 0 radical (unpaired) electrons. The first-order chi connectivity index (χ1) is 6.75. The lowest BCUT2D eigenvalue weighted by Gasteiger charge is -2.09. The molecule has 0 unspecified atom stereocenters. The molecule has 0 aromatic heterocycles. The van der Waals surface area contributed by atoms with Gasteiger partial charge in [0.2, 0.25) is 0 Å². The van der Waals surface area contributed by atoms with Gasteiger partial charge in [0.1, 0.15) is 0 Å². The number of carbonyl (C=O) groups excluding carboxylic acids is 1. The van der Waals surface area contributed by atoms with Crippen molar-refractivity contribution >= 4 is 5.91 Å². The van der Waals surface area contributed by atoms with Gasteiger partial charge >= 0.3 is 12.1 Å². The van der Waals surface area contributed by atoms with Crippen LogP contribution in [0.4, 0.5) is 13.2 Å². The number of hydrogen-bond donors (Lipinski definition) is 1. The average Bonchev–Trinajstić information content (AvgIpc) is 2.04. The third kappa shape index (κ3) is 13.2. The van der Waals surface area contributed by atoms with Gasteiger partial charge in [0.05, 0.1) is 0 Å². The van der Waals surface area contributed by atoms with Crippen LogP contribution in [-0.4, -0.2) is 31.6 Å². The zero-order chi connectivity index (χ0) is 12.5. The Morgan fingerprint density at radius 2 is 1.53 bits per heavy atom. The summed E-state index contributed by atoms with van der Waals surface area (Å²) in [5.41, 5.74) is 3.81. The molecule has 0 aliphatic carbocycles. The fourth-order valence-electron chi connectivity index (χ4n) is 0.518. The van der Waals surface area contributed by atoms with E-state index in [4.69, 9.17) is 14.3 Å². The van der Waals surface area contributed by atoms with Gasteiger partial charge in [-0.25, -0.2) is 0 Å². The Labute approximate surface area is 86.5 Å². The summed E-state index contributed by atoms with van der Waals surface area (Å²) in [7, 11) is 0. The van der Waals surface area contributed by atoms with Crippen molar-refractivity contribution in [2.75, 3.05) is 13.2 Å². The summed E-state index contributed by atoms with van der Waals surface area (Å²) >= 11 is 0. The van der Waals surface area contributed by atoms with Crippen LogP contribution in [0.15, 0.2) is 0 Å². The fourth-order valence-corrected chi connectivity index (χ4v) is 0.518. The molecule has 0 aliphatic rings. The smallest absolute Gasteiger partial charge is 0.362 e. The molecule has 0 aliphatic heterocycles. The normalized spacial score (nSPS) is 10.9. The molecule has 4 nitrogen and oxygen atoms in total. The number of alkyl halides is 3. The molecule has 2 N–H and O–H groups in total. The van der Waals surface area contributed by atoms with Crippen molar-refractivity contribution in [3.63, 3.8) is 0 Å². The molecule has 92 valence electrons. The number of nitrogens with two attached hydrogens (primary N) is 1. The van der Waals surface area contributed by atoms with Crippen molar-refractivity contribution < 1.29 is 27.4 Å². The number of primary amides is 1. The Hall–Kier alpha value is -0.820. The van der Waals surface area contributed by atoms with E-state index < -0.39 is 12.1 Å². The van der Waals surface area contributed by atoms with Crippen molar-refractivity contribution in [2.24, 2.45) is 5.73 Å². The summed E-state index contributed by atoms with van der Waals surface area (Å²) < 4.78 is 42.2. The SMILES string of the molecule is CCOC(C)OCC.NC(=O)C(F)(F)F. The number of hydrogen-bond acceptors (Lipinski definition) is 3. The monoisotopic (exact) mass is 231 g/mol. The molecule has 0 fully saturated rings. The lowest BCUT2D eigenvalue weighted by atomic mass is 10.6. The third-order valence-corrected chi connectivity index (χ3v) is 1.08. The predicted octanol–water partition coefficient (Wildman–Crippen LogP) is 1.44. The minimum atomic E-state index is -4.86. The van der Waals surface area contributed by atoms with Gasteiger partial charge in [-0.1, -0.05) is 0 Å². The third-order valence-electron chi connectivity index (χ3n) is 1.08. The Morgan fingerprint density at radius 1 is 1.27 bits per heavy atom. The van der Waals surface area contributed by atoms with E-state index >= 15 is 0 Å². The van der Waals surface area contributed by atoms with Crippen LogP contribution in [0.3, 0.4) is 0 Å². The molecule has 0 saturated heterocycles. The fraction of sp³-hybridized carbons (Fsp3) is 0.875. The van der Waals surface area contributed by atoms with Gasteiger partial charge in [0.25, 0.3) is 0 Å². The van der Waals surface area contributed by atoms with Gasteiger partial charge in [-0.05, 0) is 20.8 Å². The Bertz CT molecular complexity index is 167. The van der Waals surface area contributed by atoms with Gasteiger partial charge < -0.3 is 15.2 Å². The minimum absolute atomic E-state index is 0.0370. The standard InChI is InChI=1S/C6H14O2.C2H2F3NO/c1-4-7-6(3)8-5-2;3-2(4,5)1(6)7/h6H,4-5H2,1-3H3;(H2,6,7). The second-order valence-electron chi connectivity index (χ2n) is 2.34. The van der Waals surface area contributed by atoms with E-state index in [9.17, 15) is 13.2 Å². The van der Waals surface area contributed by atoms with Crippen molar-refractivity contribution in [3.05, 3.63) is 0 Å². The zero-order valence-electron chi connectivity index (χ0n) is 8.93. The lowest BCUT2D eigenvalue weighted by Crippen LogP contribution is -2.30. The Kier molecular flexibility index (Phi) is 9.39. The maximum absolute atomic E-state index is 10.7.